The Morgan fingerprint density at radius 1 is 1.15 bits per heavy atom. The molecule has 0 amide bonds. The third kappa shape index (κ3) is 4.71. The minimum atomic E-state index is 0.0237. The second-order valence-corrected chi connectivity index (χ2v) is 3.54. The third-order valence-electron chi connectivity index (χ3n) is 2.44. The molecule has 0 saturated heterocycles. The SMILES string of the molecule is O=COC1/C=C\CCCCCCC1. The van der Waals surface area contributed by atoms with Crippen molar-refractivity contribution in [3.8, 4) is 0 Å². The fourth-order valence-electron chi connectivity index (χ4n) is 1.67. The first kappa shape index (κ1) is 10.3. The van der Waals surface area contributed by atoms with E-state index in [1.54, 1.807) is 0 Å². The van der Waals surface area contributed by atoms with E-state index in [1.165, 1.54) is 32.1 Å². The van der Waals surface area contributed by atoms with Crippen molar-refractivity contribution in [2.45, 2.75) is 51.0 Å². The molecule has 0 bridgehead atoms. The molecule has 74 valence electrons. The van der Waals surface area contributed by atoms with Gasteiger partial charge in [0.05, 0.1) is 0 Å². The van der Waals surface area contributed by atoms with Crippen molar-refractivity contribution in [1.82, 2.24) is 0 Å². The fourth-order valence-corrected chi connectivity index (χ4v) is 1.67. The van der Waals surface area contributed by atoms with Crippen LogP contribution in [0.5, 0.6) is 0 Å². The average Bonchev–Trinajstić information content (AvgIpc) is 2.16. The van der Waals surface area contributed by atoms with Crippen LogP contribution in [0.3, 0.4) is 0 Å². The van der Waals surface area contributed by atoms with Gasteiger partial charge in [0.2, 0.25) is 0 Å². The van der Waals surface area contributed by atoms with Gasteiger partial charge < -0.3 is 4.74 Å². The first-order valence-electron chi connectivity index (χ1n) is 5.19. The maximum Gasteiger partial charge on any atom is 0.293 e. The normalized spacial score (nSPS) is 27.5. The van der Waals surface area contributed by atoms with Crippen molar-refractivity contribution >= 4 is 6.47 Å². The standard InChI is InChI=1S/C11H18O2/c12-10-13-11-8-6-4-2-1-3-5-7-9-11/h6,8,10-11H,1-5,7,9H2/b8-6-. The first-order chi connectivity index (χ1) is 6.43. The summed E-state index contributed by atoms with van der Waals surface area (Å²) in [6.45, 7) is 0.556. The molecule has 0 radical (unpaired) electrons. The third-order valence-corrected chi connectivity index (χ3v) is 2.44. The smallest absolute Gasteiger partial charge is 0.293 e. The molecular formula is C11H18O2. The largest absolute Gasteiger partial charge is 0.460 e. The van der Waals surface area contributed by atoms with Crippen LogP contribution in [-0.4, -0.2) is 12.6 Å². The molecule has 0 N–H and O–H groups in total. The zero-order valence-corrected chi connectivity index (χ0v) is 8.08. The number of hydrogen-bond donors (Lipinski definition) is 0. The van der Waals surface area contributed by atoms with Crippen LogP contribution in [0, 0.1) is 0 Å². The zero-order valence-electron chi connectivity index (χ0n) is 8.08. The maximum absolute atomic E-state index is 10.2. The van der Waals surface area contributed by atoms with Crippen molar-refractivity contribution in [2.24, 2.45) is 0 Å². The second-order valence-electron chi connectivity index (χ2n) is 3.54. The Bertz CT molecular complexity index is 163. The minimum absolute atomic E-state index is 0.0237. The van der Waals surface area contributed by atoms with Gasteiger partial charge in [-0.2, -0.15) is 0 Å². The number of carbonyl (C=O) groups is 1. The van der Waals surface area contributed by atoms with Gasteiger partial charge in [-0.1, -0.05) is 25.3 Å². The Labute approximate surface area is 80.0 Å². The van der Waals surface area contributed by atoms with E-state index in [9.17, 15) is 4.79 Å². The summed E-state index contributed by atoms with van der Waals surface area (Å²) in [7, 11) is 0. The van der Waals surface area contributed by atoms with Crippen molar-refractivity contribution < 1.29 is 9.53 Å². The Hall–Kier alpha value is -0.790. The van der Waals surface area contributed by atoms with Gasteiger partial charge in [-0.3, -0.25) is 4.79 Å². The molecule has 0 heterocycles. The lowest BCUT2D eigenvalue weighted by molar-refractivity contribution is -0.131. The van der Waals surface area contributed by atoms with E-state index in [2.05, 4.69) is 6.08 Å². The van der Waals surface area contributed by atoms with Gasteiger partial charge in [-0.15, -0.1) is 0 Å². The lowest BCUT2D eigenvalue weighted by Crippen LogP contribution is -2.08. The quantitative estimate of drug-likeness (QED) is 0.485. The molecule has 0 aliphatic heterocycles. The number of rotatable bonds is 2. The Morgan fingerprint density at radius 3 is 2.77 bits per heavy atom. The van der Waals surface area contributed by atoms with Crippen LogP contribution in [0.4, 0.5) is 0 Å². The summed E-state index contributed by atoms with van der Waals surface area (Å²) in [6, 6.07) is 0. The summed E-state index contributed by atoms with van der Waals surface area (Å²) in [5, 5.41) is 0. The molecule has 0 fully saturated rings. The van der Waals surface area contributed by atoms with Crippen LogP contribution in [0.15, 0.2) is 12.2 Å². The molecule has 0 aromatic rings. The topological polar surface area (TPSA) is 26.3 Å². The highest BCUT2D eigenvalue weighted by atomic mass is 16.5. The fraction of sp³-hybridized carbons (Fsp3) is 0.727. The van der Waals surface area contributed by atoms with Crippen LogP contribution >= 0.6 is 0 Å². The van der Waals surface area contributed by atoms with Crippen LogP contribution in [0.2, 0.25) is 0 Å². The number of allylic oxidation sites excluding steroid dienone is 1. The summed E-state index contributed by atoms with van der Waals surface area (Å²) in [5.41, 5.74) is 0. The molecule has 1 rings (SSSR count). The van der Waals surface area contributed by atoms with Gasteiger partial charge in [0, 0.05) is 0 Å². The molecular weight excluding hydrogens is 164 g/mol. The lowest BCUT2D eigenvalue weighted by atomic mass is 10.0. The maximum atomic E-state index is 10.2. The summed E-state index contributed by atoms with van der Waals surface area (Å²) in [5.74, 6) is 0. The molecule has 1 aliphatic carbocycles. The highest BCUT2D eigenvalue weighted by Crippen LogP contribution is 2.13. The van der Waals surface area contributed by atoms with Gasteiger partial charge in [0.15, 0.2) is 0 Å². The van der Waals surface area contributed by atoms with Crippen molar-refractivity contribution in [3.63, 3.8) is 0 Å². The number of carbonyl (C=O) groups excluding carboxylic acids is 1. The molecule has 2 nitrogen and oxygen atoms in total. The minimum Gasteiger partial charge on any atom is -0.460 e. The van der Waals surface area contributed by atoms with E-state index in [0.29, 0.717) is 6.47 Å². The van der Waals surface area contributed by atoms with Gasteiger partial charge in [-0.05, 0) is 31.8 Å². The molecule has 0 spiro atoms. The van der Waals surface area contributed by atoms with Crippen molar-refractivity contribution in [2.75, 3.05) is 0 Å². The highest BCUT2D eigenvalue weighted by molar-refractivity contribution is 5.38. The summed E-state index contributed by atoms with van der Waals surface area (Å²) in [6.07, 6.45) is 12.7. The molecule has 1 unspecified atom stereocenters. The van der Waals surface area contributed by atoms with E-state index in [0.717, 1.165) is 12.8 Å². The summed E-state index contributed by atoms with van der Waals surface area (Å²) >= 11 is 0. The van der Waals surface area contributed by atoms with E-state index < -0.39 is 0 Å². The van der Waals surface area contributed by atoms with Gasteiger partial charge in [-0.25, -0.2) is 0 Å². The number of hydrogen-bond acceptors (Lipinski definition) is 2. The van der Waals surface area contributed by atoms with Gasteiger partial charge >= 0.3 is 0 Å². The molecule has 0 aromatic heterocycles. The molecule has 1 atom stereocenters. The Morgan fingerprint density at radius 2 is 1.92 bits per heavy atom. The monoisotopic (exact) mass is 182 g/mol. The predicted octanol–water partition coefficient (Wildman–Crippen LogP) is 2.83. The van der Waals surface area contributed by atoms with Gasteiger partial charge in [0.1, 0.15) is 6.10 Å². The molecule has 2 heteroatoms. The predicted molar refractivity (Wildman–Crippen MR) is 52.4 cm³/mol. The van der Waals surface area contributed by atoms with E-state index in [1.807, 2.05) is 6.08 Å². The summed E-state index contributed by atoms with van der Waals surface area (Å²) in [4.78, 5) is 10.2. The summed E-state index contributed by atoms with van der Waals surface area (Å²) < 4.78 is 4.95. The van der Waals surface area contributed by atoms with Crippen molar-refractivity contribution in [1.29, 1.82) is 0 Å². The number of ether oxygens (including phenoxy) is 1. The van der Waals surface area contributed by atoms with Crippen LogP contribution in [-0.2, 0) is 9.53 Å². The molecule has 0 aromatic carbocycles. The highest BCUT2D eigenvalue weighted by Gasteiger charge is 2.05. The van der Waals surface area contributed by atoms with E-state index in [4.69, 9.17) is 4.74 Å². The zero-order chi connectivity index (χ0) is 9.36. The van der Waals surface area contributed by atoms with Gasteiger partial charge in [0.25, 0.3) is 6.47 Å². The Balaban J connectivity index is 2.35. The lowest BCUT2D eigenvalue weighted by Gasteiger charge is -2.11. The van der Waals surface area contributed by atoms with E-state index in [-0.39, 0.29) is 6.10 Å². The van der Waals surface area contributed by atoms with E-state index >= 15 is 0 Å². The Kier molecular flexibility index (Phi) is 5.30. The van der Waals surface area contributed by atoms with Crippen LogP contribution in [0.25, 0.3) is 0 Å². The van der Waals surface area contributed by atoms with Crippen LogP contribution < -0.4 is 0 Å². The van der Waals surface area contributed by atoms with Crippen LogP contribution in [0.1, 0.15) is 44.9 Å². The second kappa shape index (κ2) is 6.70. The molecule has 13 heavy (non-hydrogen) atoms. The molecule has 1 aliphatic rings. The molecule has 0 saturated carbocycles. The van der Waals surface area contributed by atoms with Crippen molar-refractivity contribution in [3.05, 3.63) is 12.2 Å². The average molecular weight is 182 g/mol. The first-order valence-corrected chi connectivity index (χ1v) is 5.19.